The van der Waals surface area contributed by atoms with E-state index in [4.69, 9.17) is 0 Å². The third kappa shape index (κ3) is 11.4. The second kappa shape index (κ2) is 18.7. The summed E-state index contributed by atoms with van der Waals surface area (Å²) in [5.41, 5.74) is 3.89. The Bertz CT molecular complexity index is 1750. The van der Waals surface area contributed by atoms with Crippen molar-refractivity contribution in [1.82, 2.24) is 21.3 Å². The third-order valence-corrected chi connectivity index (χ3v) is 8.66. The number of benzene rings is 3. The van der Waals surface area contributed by atoms with E-state index in [1.165, 1.54) is 11.3 Å². The average molecular weight is 698 g/mol. The highest BCUT2D eigenvalue weighted by atomic mass is 32.1. The predicted molar refractivity (Wildman–Crippen MR) is 190 cm³/mol. The van der Waals surface area contributed by atoms with Gasteiger partial charge >= 0.3 is 5.97 Å². The fourth-order valence-electron chi connectivity index (χ4n) is 5.07. The Hall–Kier alpha value is -5.82. The van der Waals surface area contributed by atoms with Crippen LogP contribution >= 0.6 is 11.3 Å². The molecule has 0 saturated heterocycles. The Morgan fingerprint density at radius 3 is 1.94 bits per heavy atom. The number of carboxylic acids is 1. The molecule has 0 aliphatic carbocycles. The van der Waals surface area contributed by atoms with Crippen molar-refractivity contribution < 1.29 is 33.9 Å². The Morgan fingerprint density at radius 2 is 1.34 bits per heavy atom. The van der Waals surface area contributed by atoms with Crippen molar-refractivity contribution in [1.29, 1.82) is 0 Å². The first kappa shape index (κ1) is 37.0. The van der Waals surface area contributed by atoms with Crippen LogP contribution in [0.4, 0.5) is 5.69 Å². The molecule has 0 aliphatic rings. The zero-order chi connectivity index (χ0) is 35.9. The number of carbonyl (C=O) groups is 6. The minimum Gasteiger partial charge on any atom is -0.480 e. The van der Waals surface area contributed by atoms with Crippen LogP contribution in [-0.4, -0.2) is 65.8 Å². The van der Waals surface area contributed by atoms with Gasteiger partial charge in [0.15, 0.2) is 0 Å². The molecule has 3 atom stereocenters. The molecular weight excluding hydrogens is 659 g/mol. The molecule has 0 bridgehead atoms. The Labute approximate surface area is 293 Å². The molecule has 4 rings (SSSR count). The second-order valence-corrected chi connectivity index (χ2v) is 12.5. The lowest BCUT2D eigenvalue weighted by Gasteiger charge is -2.22. The van der Waals surface area contributed by atoms with E-state index in [1.54, 1.807) is 31.2 Å². The SMILES string of the molecule is CCC(=O)Nc1ccc(C[C@H](NC(=O)CNC(=O)[C@H](Cc2ccc(-c3ccccc3)cc2)NC(=O)[C@@H](Cc2cccs2)NC=O)C(=O)O)cc1. The van der Waals surface area contributed by atoms with Gasteiger partial charge in [-0.3, -0.25) is 24.0 Å². The maximum absolute atomic E-state index is 13.5. The van der Waals surface area contributed by atoms with Crippen molar-refractivity contribution in [2.45, 2.75) is 50.7 Å². The number of thiophene rings is 1. The number of aliphatic carboxylic acids is 1. The molecule has 0 radical (unpaired) electrons. The van der Waals surface area contributed by atoms with Gasteiger partial charge in [0.25, 0.3) is 0 Å². The van der Waals surface area contributed by atoms with Crippen molar-refractivity contribution in [3.8, 4) is 11.1 Å². The van der Waals surface area contributed by atoms with Crippen molar-refractivity contribution in [2.75, 3.05) is 11.9 Å². The Morgan fingerprint density at radius 1 is 0.700 bits per heavy atom. The van der Waals surface area contributed by atoms with Crippen LogP contribution in [0.5, 0.6) is 0 Å². The lowest BCUT2D eigenvalue weighted by Crippen LogP contribution is -2.55. The van der Waals surface area contributed by atoms with Gasteiger partial charge in [0.2, 0.25) is 30.0 Å². The normalized spacial score (nSPS) is 12.4. The van der Waals surface area contributed by atoms with E-state index in [2.05, 4.69) is 26.6 Å². The van der Waals surface area contributed by atoms with Gasteiger partial charge in [-0.25, -0.2) is 4.79 Å². The van der Waals surface area contributed by atoms with E-state index in [1.807, 2.05) is 72.1 Å². The summed E-state index contributed by atoms with van der Waals surface area (Å²) in [5.74, 6) is -3.42. The largest absolute Gasteiger partial charge is 0.480 e. The summed E-state index contributed by atoms with van der Waals surface area (Å²) in [5, 5.41) is 24.5. The molecule has 4 aromatic rings. The lowest BCUT2D eigenvalue weighted by molar-refractivity contribution is -0.141. The first-order chi connectivity index (χ1) is 24.1. The maximum atomic E-state index is 13.5. The minimum absolute atomic E-state index is 0.0377. The number of amides is 5. The van der Waals surface area contributed by atoms with Crippen LogP contribution in [0.2, 0.25) is 0 Å². The highest BCUT2D eigenvalue weighted by Crippen LogP contribution is 2.20. The van der Waals surface area contributed by atoms with Crippen LogP contribution in [0.3, 0.4) is 0 Å². The summed E-state index contributed by atoms with van der Waals surface area (Å²) in [6.45, 7) is 1.18. The van der Waals surface area contributed by atoms with Crippen LogP contribution < -0.4 is 26.6 Å². The number of rotatable bonds is 18. The Balaban J connectivity index is 1.42. The van der Waals surface area contributed by atoms with E-state index >= 15 is 0 Å². The standard InChI is InChI=1S/C37H39N5O7S/c1-2-33(44)40-28-16-12-25(13-17-28)20-32(37(48)49)41-34(45)22-38-35(46)31(42-36(47)30(39-23-43)21-29-9-6-18-50-29)19-24-10-14-27(15-11-24)26-7-4-3-5-8-26/h3-18,23,30-32H,2,19-22H2,1H3,(H,38,46)(H,39,43)(H,40,44)(H,41,45)(H,42,47)(H,48,49)/t30-,31+,32+/m1/s1. The summed E-state index contributed by atoms with van der Waals surface area (Å²) < 4.78 is 0. The van der Waals surface area contributed by atoms with Crippen LogP contribution in [0.15, 0.2) is 96.4 Å². The van der Waals surface area contributed by atoms with Crippen LogP contribution in [0, 0.1) is 0 Å². The topological polar surface area (TPSA) is 183 Å². The minimum atomic E-state index is -1.29. The maximum Gasteiger partial charge on any atom is 0.326 e. The van der Waals surface area contributed by atoms with Crippen LogP contribution in [0.1, 0.15) is 29.3 Å². The lowest BCUT2D eigenvalue weighted by atomic mass is 10.00. The van der Waals surface area contributed by atoms with Gasteiger partial charge in [0, 0.05) is 36.2 Å². The van der Waals surface area contributed by atoms with Crippen molar-refractivity contribution in [2.24, 2.45) is 0 Å². The van der Waals surface area contributed by atoms with E-state index in [0.29, 0.717) is 24.1 Å². The van der Waals surface area contributed by atoms with Gasteiger partial charge in [-0.2, -0.15) is 0 Å². The Kier molecular flexibility index (Phi) is 13.8. The summed E-state index contributed by atoms with van der Waals surface area (Å²) in [6.07, 6.45) is 1.000. The van der Waals surface area contributed by atoms with Gasteiger partial charge < -0.3 is 31.7 Å². The molecule has 0 aliphatic heterocycles. The molecule has 13 heteroatoms. The molecule has 0 unspecified atom stereocenters. The summed E-state index contributed by atoms with van der Waals surface area (Å²) in [7, 11) is 0. The van der Waals surface area contributed by atoms with Crippen LogP contribution in [-0.2, 0) is 48.0 Å². The second-order valence-electron chi connectivity index (χ2n) is 11.4. The molecule has 6 N–H and O–H groups in total. The average Bonchev–Trinajstić information content (AvgIpc) is 3.64. The number of nitrogens with one attached hydrogen (secondary N) is 5. The predicted octanol–water partition coefficient (Wildman–Crippen LogP) is 3.08. The molecular formula is C37H39N5O7S. The molecule has 0 spiro atoms. The molecule has 0 fully saturated rings. The summed E-state index contributed by atoms with van der Waals surface area (Å²) in [4.78, 5) is 75.5. The zero-order valence-corrected chi connectivity index (χ0v) is 28.2. The summed E-state index contributed by atoms with van der Waals surface area (Å²) in [6, 6.07) is 24.1. The molecule has 1 heterocycles. The number of carbonyl (C=O) groups excluding carboxylic acids is 5. The van der Waals surface area contributed by atoms with Crippen LogP contribution in [0.25, 0.3) is 11.1 Å². The molecule has 0 saturated carbocycles. The molecule has 260 valence electrons. The van der Waals surface area contributed by atoms with E-state index in [-0.39, 0.29) is 25.2 Å². The quantitative estimate of drug-likeness (QED) is 0.0864. The number of hydrogen-bond acceptors (Lipinski definition) is 7. The smallest absolute Gasteiger partial charge is 0.326 e. The van der Waals surface area contributed by atoms with Gasteiger partial charge in [-0.05, 0) is 45.8 Å². The number of hydrogen-bond donors (Lipinski definition) is 6. The monoisotopic (exact) mass is 697 g/mol. The van der Waals surface area contributed by atoms with E-state index < -0.39 is 48.4 Å². The van der Waals surface area contributed by atoms with Gasteiger partial charge in [-0.1, -0.05) is 79.7 Å². The van der Waals surface area contributed by atoms with Crippen molar-refractivity contribution >= 4 is 53.0 Å². The molecule has 3 aromatic carbocycles. The highest BCUT2D eigenvalue weighted by Gasteiger charge is 2.27. The highest BCUT2D eigenvalue weighted by molar-refractivity contribution is 7.09. The van der Waals surface area contributed by atoms with E-state index in [0.717, 1.165) is 21.6 Å². The van der Waals surface area contributed by atoms with Crippen molar-refractivity contribution in [3.63, 3.8) is 0 Å². The van der Waals surface area contributed by atoms with Crippen molar-refractivity contribution in [3.05, 3.63) is 112 Å². The fraction of sp³-hybridized carbons (Fsp3) is 0.243. The van der Waals surface area contributed by atoms with Gasteiger partial charge in [0.1, 0.15) is 18.1 Å². The first-order valence-corrected chi connectivity index (χ1v) is 16.9. The molecule has 1 aromatic heterocycles. The van der Waals surface area contributed by atoms with E-state index in [9.17, 15) is 33.9 Å². The molecule has 50 heavy (non-hydrogen) atoms. The fourth-order valence-corrected chi connectivity index (χ4v) is 5.82. The number of carboxylic acid groups (broad SMARTS) is 1. The van der Waals surface area contributed by atoms with Gasteiger partial charge in [0.05, 0.1) is 6.54 Å². The first-order valence-electron chi connectivity index (χ1n) is 16.0. The van der Waals surface area contributed by atoms with Gasteiger partial charge in [-0.15, -0.1) is 11.3 Å². The number of anilines is 1. The third-order valence-electron chi connectivity index (χ3n) is 7.76. The molecule has 12 nitrogen and oxygen atoms in total. The summed E-state index contributed by atoms with van der Waals surface area (Å²) >= 11 is 1.43. The zero-order valence-electron chi connectivity index (χ0n) is 27.4. The molecule has 5 amide bonds.